The molecule has 1 heterocycles. The summed E-state index contributed by atoms with van der Waals surface area (Å²) in [5.74, 6) is -1.57. The van der Waals surface area contributed by atoms with Crippen molar-refractivity contribution in [2.45, 2.75) is 12.6 Å². The molecule has 0 radical (unpaired) electrons. The van der Waals surface area contributed by atoms with E-state index in [1.54, 1.807) is 53.3 Å². The van der Waals surface area contributed by atoms with Gasteiger partial charge in [-0.15, -0.1) is 0 Å². The number of hydrogen-bond acceptors (Lipinski definition) is 4. The van der Waals surface area contributed by atoms with Crippen molar-refractivity contribution in [2.24, 2.45) is 0 Å². The van der Waals surface area contributed by atoms with E-state index in [0.29, 0.717) is 23.4 Å². The summed E-state index contributed by atoms with van der Waals surface area (Å²) < 4.78 is 20.5. The van der Waals surface area contributed by atoms with Gasteiger partial charge in [-0.3, -0.25) is 9.48 Å². The van der Waals surface area contributed by atoms with E-state index in [-0.39, 0.29) is 0 Å². The van der Waals surface area contributed by atoms with Gasteiger partial charge in [-0.05, 0) is 48.0 Å². The van der Waals surface area contributed by atoms with Gasteiger partial charge in [-0.25, -0.2) is 9.18 Å². The van der Waals surface area contributed by atoms with Crippen LogP contribution in [0.15, 0.2) is 97.3 Å². The largest absolute Gasteiger partial charge is 0.444 e. The summed E-state index contributed by atoms with van der Waals surface area (Å²) >= 11 is 0. The Morgan fingerprint density at radius 1 is 0.938 bits per heavy atom. The molecule has 1 atom stereocenters. The minimum atomic E-state index is -1.17. The minimum absolute atomic E-state index is 0.324. The standard InChI is InChI=1S/C25H20FN3O3/c26-21-11-13-22(14-12-21)28-24(30)23(19-5-2-1-3-6-19)32-25(31)20-9-7-18(8-10-20)17-29-16-4-15-27-29/h1-16,23H,17H2,(H,28,30). The van der Waals surface area contributed by atoms with Crippen molar-refractivity contribution in [2.75, 3.05) is 5.32 Å². The Morgan fingerprint density at radius 3 is 2.31 bits per heavy atom. The molecule has 0 saturated carbocycles. The lowest BCUT2D eigenvalue weighted by Crippen LogP contribution is -2.26. The second-order valence-electron chi connectivity index (χ2n) is 7.09. The average Bonchev–Trinajstić information content (AvgIpc) is 3.33. The number of hydrogen-bond donors (Lipinski definition) is 1. The zero-order valence-electron chi connectivity index (χ0n) is 17.0. The Kier molecular flexibility index (Phi) is 6.36. The molecule has 0 spiro atoms. The van der Waals surface area contributed by atoms with Gasteiger partial charge in [-0.2, -0.15) is 5.10 Å². The molecular weight excluding hydrogens is 409 g/mol. The van der Waals surface area contributed by atoms with E-state index < -0.39 is 23.8 Å². The number of benzene rings is 3. The van der Waals surface area contributed by atoms with Gasteiger partial charge in [0.25, 0.3) is 5.91 Å². The fraction of sp³-hybridized carbons (Fsp3) is 0.0800. The maximum absolute atomic E-state index is 13.2. The predicted molar refractivity (Wildman–Crippen MR) is 117 cm³/mol. The first-order chi connectivity index (χ1) is 15.6. The Morgan fingerprint density at radius 2 is 1.66 bits per heavy atom. The van der Waals surface area contributed by atoms with Crippen molar-refractivity contribution in [1.29, 1.82) is 0 Å². The number of esters is 1. The van der Waals surface area contributed by atoms with Gasteiger partial charge in [0.1, 0.15) is 5.82 Å². The molecule has 0 fully saturated rings. The molecule has 32 heavy (non-hydrogen) atoms. The number of anilines is 1. The van der Waals surface area contributed by atoms with Crippen LogP contribution < -0.4 is 5.32 Å². The molecule has 0 aliphatic rings. The van der Waals surface area contributed by atoms with Crippen LogP contribution in [-0.4, -0.2) is 21.7 Å². The summed E-state index contributed by atoms with van der Waals surface area (Å²) in [6.45, 7) is 0.578. The second kappa shape index (κ2) is 9.70. The first kappa shape index (κ1) is 21.0. The van der Waals surface area contributed by atoms with Gasteiger partial charge in [0, 0.05) is 23.6 Å². The van der Waals surface area contributed by atoms with Crippen LogP contribution in [-0.2, 0) is 16.1 Å². The average molecular weight is 429 g/mol. The maximum Gasteiger partial charge on any atom is 0.339 e. The van der Waals surface area contributed by atoms with Crippen LogP contribution in [0.3, 0.4) is 0 Å². The normalized spacial score (nSPS) is 11.5. The fourth-order valence-corrected chi connectivity index (χ4v) is 3.14. The quantitative estimate of drug-likeness (QED) is 0.436. The second-order valence-corrected chi connectivity index (χ2v) is 7.09. The molecule has 0 saturated heterocycles. The highest BCUT2D eigenvalue weighted by Gasteiger charge is 2.26. The van der Waals surface area contributed by atoms with Crippen LogP contribution in [0.1, 0.15) is 27.6 Å². The van der Waals surface area contributed by atoms with Gasteiger partial charge in [-0.1, -0.05) is 42.5 Å². The third-order valence-electron chi connectivity index (χ3n) is 4.77. The summed E-state index contributed by atoms with van der Waals surface area (Å²) in [4.78, 5) is 25.7. The van der Waals surface area contributed by atoms with Gasteiger partial charge >= 0.3 is 5.97 Å². The van der Waals surface area contributed by atoms with Crippen LogP contribution >= 0.6 is 0 Å². The zero-order chi connectivity index (χ0) is 22.3. The van der Waals surface area contributed by atoms with E-state index >= 15 is 0 Å². The molecular formula is C25H20FN3O3. The number of aromatic nitrogens is 2. The molecule has 4 rings (SSSR count). The third kappa shape index (κ3) is 5.26. The van der Waals surface area contributed by atoms with Crippen molar-refractivity contribution in [3.05, 3.63) is 120 Å². The van der Waals surface area contributed by atoms with Crippen molar-refractivity contribution in [3.8, 4) is 0 Å². The molecule has 160 valence electrons. The molecule has 0 aliphatic heterocycles. The molecule has 4 aromatic rings. The van der Waals surface area contributed by atoms with Gasteiger partial charge in [0.15, 0.2) is 0 Å². The Balaban J connectivity index is 1.49. The Labute approximate surface area is 184 Å². The molecule has 7 heteroatoms. The molecule has 1 N–H and O–H groups in total. The highest BCUT2D eigenvalue weighted by atomic mass is 19.1. The number of carbonyl (C=O) groups excluding carboxylic acids is 2. The first-order valence-corrected chi connectivity index (χ1v) is 9.97. The van der Waals surface area contributed by atoms with Crippen molar-refractivity contribution in [3.63, 3.8) is 0 Å². The molecule has 3 aromatic carbocycles. The lowest BCUT2D eigenvalue weighted by Gasteiger charge is -2.18. The predicted octanol–water partition coefficient (Wildman–Crippen LogP) is 4.61. The van der Waals surface area contributed by atoms with E-state index in [1.165, 1.54) is 24.3 Å². The topological polar surface area (TPSA) is 73.2 Å². The number of amides is 1. The van der Waals surface area contributed by atoms with Crippen molar-refractivity contribution in [1.82, 2.24) is 9.78 Å². The summed E-state index contributed by atoms with van der Waals surface area (Å²) in [6, 6.07) is 22.9. The van der Waals surface area contributed by atoms with E-state index in [1.807, 2.05) is 24.4 Å². The van der Waals surface area contributed by atoms with Gasteiger partial charge in [0.05, 0.1) is 12.1 Å². The number of ether oxygens (including phenoxy) is 1. The van der Waals surface area contributed by atoms with Crippen LogP contribution in [0.2, 0.25) is 0 Å². The molecule has 0 bridgehead atoms. The molecule has 1 amide bonds. The number of carbonyl (C=O) groups is 2. The SMILES string of the molecule is O=C(OC(C(=O)Nc1ccc(F)cc1)c1ccccc1)c1ccc(Cn2cccn2)cc1. The lowest BCUT2D eigenvalue weighted by molar-refractivity contribution is -0.125. The molecule has 6 nitrogen and oxygen atoms in total. The summed E-state index contributed by atoms with van der Waals surface area (Å²) in [6.07, 6.45) is 2.39. The maximum atomic E-state index is 13.2. The molecule has 1 unspecified atom stereocenters. The number of halogens is 1. The van der Waals surface area contributed by atoms with Crippen LogP contribution in [0.4, 0.5) is 10.1 Å². The van der Waals surface area contributed by atoms with Crippen LogP contribution in [0.5, 0.6) is 0 Å². The third-order valence-corrected chi connectivity index (χ3v) is 4.77. The van der Waals surface area contributed by atoms with E-state index in [0.717, 1.165) is 5.56 Å². The van der Waals surface area contributed by atoms with E-state index in [2.05, 4.69) is 10.4 Å². The number of nitrogens with one attached hydrogen (secondary N) is 1. The van der Waals surface area contributed by atoms with Gasteiger partial charge < -0.3 is 10.1 Å². The number of rotatable bonds is 7. The highest BCUT2D eigenvalue weighted by Crippen LogP contribution is 2.22. The highest BCUT2D eigenvalue weighted by molar-refractivity contribution is 5.98. The molecule has 0 aliphatic carbocycles. The summed E-state index contributed by atoms with van der Waals surface area (Å²) in [5.41, 5.74) is 2.22. The minimum Gasteiger partial charge on any atom is -0.444 e. The number of nitrogens with zero attached hydrogens (tertiary/aromatic N) is 2. The Bertz CT molecular complexity index is 1180. The monoisotopic (exact) mass is 429 g/mol. The molecule has 1 aromatic heterocycles. The lowest BCUT2D eigenvalue weighted by atomic mass is 10.1. The van der Waals surface area contributed by atoms with Crippen molar-refractivity contribution < 1.29 is 18.7 Å². The smallest absolute Gasteiger partial charge is 0.339 e. The summed E-state index contributed by atoms with van der Waals surface area (Å²) in [7, 11) is 0. The van der Waals surface area contributed by atoms with E-state index in [9.17, 15) is 14.0 Å². The van der Waals surface area contributed by atoms with E-state index in [4.69, 9.17) is 4.74 Å². The van der Waals surface area contributed by atoms with Crippen molar-refractivity contribution >= 4 is 17.6 Å². The van der Waals surface area contributed by atoms with Gasteiger partial charge in [0.2, 0.25) is 6.10 Å². The first-order valence-electron chi connectivity index (χ1n) is 9.97. The van der Waals surface area contributed by atoms with Crippen LogP contribution in [0.25, 0.3) is 0 Å². The Hall–Kier alpha value is -4.26. The summed E-state index contributed by atoms with van der Waals surface area (Å²) in [5, 5.41) is 6.83. The fourth-order valence-electron chi connectivity index (χ4n) is 3.14. The van der Waals surface area contributed by atoms with Crippen LogP contribution in [0, 0.1) is 5.82 Å². The zero-order valence-corrected chi connectivity index (χ0v) is 17.0.